The lowest BCUT2D eigenvalue weighted by Gasteiger charge is -2.16. The maximum Gasteiger partial charge on any atom is 0.233 e. The molecule has 1 aromatic carbocycles. The molecular weight excluding hydrogens is 268 g/mol. The largest absolute Gasteiger partial charge is 0.491 e. The third kappa shape index (κ3) is 2.60. The van der Waals surface area contributed by atoms with Crippen molar-refractivity contribution in [3.8, 4) is 5.75 Å². The summed E-state index contributed by atoms with van der Waals surface area (Å²) in [5, 5.41) is 0. The Morgan fingerprint density at radius 1 is 1.14 bits per heavy atom. The number of para-hydroxylation sites is 2. The van der Waals surface area contributed by atoms with E-state index in [1.54, 1.807) is 6.07 Å². The number of benzene rings is 1. The molecule has 21 heavy (non-hydrogen) atoms. The number of fused-ring (bicyclic) bond motifs is 1. The van der Waals surface area contributed by atoms with Crippen LogP contribution in [-0.2, 0) is 9.59 Å². The maximum atomic E-state index is 12.2. The third-order valence-electron chi connectivity index (χ3n) is 4.39. The second-order valence-corrected chi connectivity index (χ2v) is 5.71. The number of hydrogen-bond acceptors (Lipinski definition) is 4. The zero-order valence-electron chi connectivity index (χ0n) is 12.0. The Hall–Kier alpha value is -2.04. The number of nitrogens with zero attached hydrogens (tertiary/aromatic N) is 1. The summed E-state index contributed by atoms with van der Waals surface area (Å²) in [5.74, 6) is 0.572. The number of carbonyl (C=O) groups excluding carboxylic acids is 2. The first-order valence-corrected chi connectivity index (χ1v) is 7.51. The first kappa shape index (κ1) is 13.9. The lowest BCUT2D eigenvalue weighted by molar-refractivity contribution is -0.140. The van der Waals surface area contributed by atoms with Crippen molar-refractivity contribution in [2.45, 2.75) is 25.7 Å². The fraction of sp³-hybridized carbons (Fsp3) is 0.500. The summed E-state index contributed by atoms with van der Waals surface area (Å²) in [4.78, 5) is 25.7. The second kappa shape index (κ2) is 5.76. The maximum absolute atomic E-state index is 12.2. The summed E-state index contributed by atoms with van der Waals surface area (Å²) in [7, 11) is 0. The predicted octanol–water partition coefficient (Wildman–Crippen LogP) is 1.82. The summed E-state index contributed by atoms with van der Waals surface area (Å²) in [6.07, 6.45) is 3.36. The highest BCUT2D eigenvalue weighted by atomic mass is 16.5. The van der Waals surface area contributed by atoms with Gasteiger partial charge in [-0.25, -0.2) is 0 Å². The fourth-order valence-corrected chi connectivity index (χ4v) is 3.30. The molecule has 1 saturated carbocycles. The van der Waals surface area contributed by atoms with Gasteiger partial charge in [-0.15, -0.1) is 0 Å². The Balaban J connectivity index is 1.49. The first-order valence-electron chi connectivity index (χ1n) is 7.51. The number of anilines is 1. The van der Waals surface area contributed by atoms with E-state index < -0.39 is 0 Å². The Bertz CT molecular complexity index is 536. The molecule has 1 heterocycles. The van der Waals surface area contributed by atoms with E-state index in [-0.39, 0.29) is 23.7 Å². The Morgan fingerprint density at radius 2 is 1.81 bits per heavy atom. The molecule has 0 spiro atoms. The van der Waals surface area contributed by atoms with Gasteiger partial charge in [0.2, 0.25) is 11.8 Å². The Morgan fingerprint density at radius 3 is 2.48 bits per heavy atom. The van der Waals surface area contributed by atoms with Crippen molar-refractivity contribution < 1.29 is 14.3 Å². The van der Waals surface area contributed by atoms with Gasteiger partial charge in [0, 0.05) is 6.54 Å². The monoisotopic (exact) mass is 288 g/mol. The fourth-order valence-electron chi connectivity index (χ4n) is 3.30. The average Bonchev–Trinajstić information content (AvgIpc) is 3.04. The van der Waals surface area contributed by atoms with Crippen molar-refractivity contribution in [1.82, 2.24) is 4.90 Å². The lowest BCUT2D eigenvalue weighted by atomic mass is 10.00. The van der Waals surface area contributed by atoms with Crippen LogP contribution in [0, 0.1) is 11.8 Å². The smallest absolute Gasteiger partial charge is 0.233 e. The van der Waals surface area contributed by atoms with Crippen LogP contribution in [0.1, 0.15) is 25.7 Å². The first-order chi connectivity index (χ1) is 10.2. The van der Waals surface area contributed by atoms with Gasteiger partial charge in [0.05, 0.1) is 24.1 Å². The summed E-state index contributed by atoms with van der Waals surface area (Å²) in [5.41, 5.74) is 6.38. The summed E-state index contributed by atoms with van der Waals surface area (Å²) >= 11 is 0. The predicted molar refractivity (Wildman–Crippen MR) is 78.5 cm³/mol. The summed E-state index contributed by atoms with van der Waals surface area (Å²) in [6.45, 7) is 0.887. The van der Waals surface area contributed by atoms with Crippen molar-refractivity contribution in [1.29, 1.82) is 0 Å². The molecule has 2 atom stereocenters. The highest BCUT2D eigenvalue weighted by Gasteiger charge is 2.49. The summed E-state index contributed by atoms with van der Waals surface area (Å²) in [6, 6.07) is 7.30. The molecule has 0 bridgehead atoms. The van der Waals surface area contributed by atoms with Crippen molar-refractivity contribution in [3.05, 3.63) is 24.3 Å². The normalized spacial score (nSPS) is 24.5. The molecule has 0 aromatic heterocycles. The minimum absolute atomic E-state index is 0.0155. The lowest BCUT2D eigenvalue weighted by Crippen LogP contribution is -2.33. The van der Waals surface area contributed by atoms with E-state index in [1.807, 2.05) is 18.2 Å². The van der Waals surface area contributed by atoms with Crippen LogP contribution in [-0.4, -0.2) is 29.9 Å². The van der Waals surface area contributed by atoms with Gasteiger partial charge in [-0.2, -0.15) is 0 Å². The van der Waals surface area contributed by atoms with Crippen LogP contribution >= 0.6 is 0 Å². The zero-order valence-corrected chi connectivity index (χ0v) is 12.0. The van der Waals surface area contributed by atoms with Crippen LogP contribution in [0.3, 0.4) is 0 Å². The summed E-state index contributed by atoms with van der Waals surface area (Å²) < 4.78 is 5.59. The molecule has 0 radical (unpaired) electrons. The molecule has 5 heteroatoms. The van der Waals surface area contributed by atoms with Gasteiger partial charge in [-0.05, 0) is 31.4 Å². The van der Waals surface area contributed by atoms with Gasteiger partial charge in [-0.3, -0.25) is 14.5 Å². The molecule has 1 saturated heterocycles. The SMILES string of the molecule is Nc1ccccc1OCCCN1C(=O)C2CCCC2C1=O. The average molecular weight is 288 g/mol. The second-order valence-electron chi connectivity index (χ2n) is 5.71. The van der Waals surface area contributed by atoms with Crippen LogP contribution < -0.4 is 10.5 Å². The third-order valence-corrected chi connectivity index (χ3v) is 4.39. The standard InChI is InChI=1S/C16H20N2O3/c17-13-7-1-2-8-14(13)21-10-4-9-18-15(19)11-5-3-6-12(11)16(18)20/h1-2,7-8,11-12H,3-6,9-10,17H2. The highest BCUT2D eigenvalue weighted by molar-refractivity contribution is 6.05. The molecule has 5 nitrogen and oxygen atoms in total. The molecule has 1 aliphatic carbocycles. The van der Waals surface area contributed by atoms with E-state index >= 15 is 0 Å². The molecule has 2 aliphatic rings. The molecule has 2 amide bonds. The number of ether oxygens (including phenoxy) is 1. The van der Waals surface area contributed by atoms with E-state index in [0.29, 0.717) is 31.0 Å². The van der Waals surface area contributed by atoms with Crippen molar-refractivity contribution in [2.75, 3.05) is 18.9 Å². The van der Waals surface area contributed by atoms with Crippen LogP contribution in [0.4, 0.5) is 5.69 Å². The van der Waals surface area contributed by atoms with E-state index in [1.165, 1.54) is 4.90 Å². The molecule has 1 aliphatic heterocycles. The number of nitrogens with two attached hydrogens (primary N) is 1. The number of imide groups is 1. The van der Waals surface area contributed by atoms with E-state index in [0.717, 1.165) is 19.3 Å². The molecule has 3 rings (SSSR count). The molecule has 2 unspecified atom stereocenters. The van der Waals surface area contributed by atoms with Gasteiger partial charge in [0.1, 0.15) is 5.75 Å². The van der Waals surface area contributed by atoms with E-state index in [9.17, 15) is 9.59 Å². The van der Waals surface area contributed by atoms with Gasteiger partial charge in [0.15, 0.2) is 0 Å². The van der Waals surface area contributed by atoms with Crippen molar-refractivity contribution >= 4 is 17.5 Å². The molecular formula is C16H20N2O3. The number of rotatable bonds is 5. The highest BCUT2D eigenvalue weighted by Crippen LogP contribution is 2.39. The van der Waals surface area contributed by atoms with E-state index in [4.69, 9.17) is 10.5 Å². The van der Waals surface area contributed by atoms with Crippen molar-refractivity contribution in [3.63, 3.8) is 0 Å². The van der Waals surface area contributed by atoms with E-state index in [2.05, 4.69) is 0 Å². The Labute approximate surface area is 124 Å². The number of likely N-dealkylation sites (tertiary alicyclic amines) is 1. The molecule has 2 N–H and O–H groups in total. The topological polar surface area (TPSA) is 72.6 Å². The van der Waals surface area contributed by atoms with Crippen molar-refractivity contribution in [2.24, 2.45) is 11.8 Å². The number of carbonyl (C=O) groups is 2. The van der Waals surface area contributed by atoms with Gasteiger partial charge < -0.3 is 10.5 Å². The number of hydrogen-bond donors (Lipinski definition) is 1. The minimum Gasteiger partial charge on any atom is -0.491 e. The van der Waals surface area contributed by atoms with Crippen LogP contribution in [0.5, 0.6) is 5.75 Å². The number of nitrogen functional groups attached to an aromatic ring is 1. The van der Waals surface area contributed by atoms with Crippen LogP contribution in [0.2, 0.25) is 0 Å². The van der Waals surface area contributed by atoms with Crippen LogP contribution in [0.15, 0.2) is 24.3 Å². The van der Waals surface area contributed by atoms with Crippen LogP contribution in [0.25, 0.3) is 0 Å². The minimum atomic E-state index is -0.0526. The van der Waals surface area contributed by atoms with Gasteiger partial charge in [0.25, 0.3) is 0 Å². The zero-order chi connectivity index (χ0) is 14.8. The van der Waals surface area contributed by atoms with Gasteiger partial charge >= 0.3 is 0 Å². The molecule has 112 valence electrons. The molecule has 2 fully saturated rings. The quantitative estimate of drug-likeness (QED) is 0.509. The molecule has 1 aromatic rings. The number of amides is 2. The Kier molecular flexibility index (Phi) is 3.82. The van der Waals surface area contributed by atoms with Gasteiger partial charge in [-0.1, -0.05) is 18.6 Å².